The highest BCUT2D eigenvalue weighted by molar-refractivity contribution is 5.87. The summed E-state index contributed by atoms with van der Waals surface area (Å²) < 4.78 is 0. The van der Waals surface area contributed by atoms with Crippen LogP contribution in [0.15, 0.2) is 18.2 Å². The van der Waals surface area contributed by atoms with Crippen molar-refractivity contribution in [3.05, 3.63) is 34.9 Å². The number of hydrogen-bond acceptors (Lipinski definition) is 2. The minimum Gasteiger partial charge on any atom is -0.478 e. The lowest BCUT2D eigenvalue weighted by atomic mass is 10.1. The summed E-state index contributed by atoms with van der Waals surface area (Å²) >= 11 is 0. The minimum atomic E-state index is -0.857. The van der Waals surface area contributed by atoms with Gasteiger partial charge < -0.3 is 10.4 Å². The summed E-state index contributed by atoms with van der Waals surface area (Å²) in [6, 6.07) is 5.25. The molecule has 4 heteroatoms. The molecule has 1 aliphatic rings. The normalized spacial score (nSPS) is 13.2. The number of carboxylic acid groups (broad SMARTS) is 1. The summed E-state index contributed by atoms with van der Waals surface area (Å²) in [7, 11) is 0. The Morgan fingerprint density at radius 2 is 2.00 bits per heavy atom. The Kier molecular flexibility index (Phi) is 2.90. The molecule has 0 radical (unpaired) electrons. The van der Waals surface area contributed by atoms with Crippen molar-refractivity contribution in [1.29, 1.82) is 0 Å². The number of benzene rings is 1. The summed E-state index contributed by atoms with van der Waals surface area (Å²) in [5.74, 6) is -0.857. The van der Waals surface area contributed by atoms with Gasteiger partial charge in [-0.25, -0.2) is 4.79 Å². The lowest BCUT2D eigenvalue weighted by molar-refractivity contribution is 0.0697. The number of rotatable bonds is 1. The molecule has 3 nitrogen and oxygen atoms in total. The third-order valence-electron chi connectivity index (χ3n) is 2.08. The Labute approximate surface area is 82.2 Å². The molecule has 0 fully saturated rings. The number of hydrogen-bond donors (Lipinski definition) is 2. The Balaban J connectivity index is 0.000000845. The highest BCUT2D eigenvalue weighted by Crippen LogP contribution is 2.16. The summed E-state index contributed by atoms with van der Waals surface area (Å²) in [5.41, 5.74) is 2.69. The van der Waals surface area contributed by atoms with Crippen molar-refractivity contribution in [2.24, 2.45) is 0 Å². The van der Waals surface area contributed by atoms with Gasteiger partial charge in [-0.2, -0.15) is 0 Å². The standard InChI is InChI=1S/C9H9NO2.ClH/c11-9(12)6-1-2-7-4-10-5-8(7)3-6;/h1-3,10H,4-5H2,(H,11,12);1H. The fraction of sp³-hybridized carbons (Fsp3) is 0.222. The van der Waals surface area contributed by atoms with Crippen LogP contribution in [0.3, 0.4) is 0 Å². The van der Waals surface area contributed by atoms with Crippen LogP contribution in [0.25, 0.3) is 0 Å². The number of fused-ring (bicyclic) bond motifs is 1. The first-order chi connectivity index (χ1) is 5.77. The maximum Gasteiger partial charge on any atom is 0.335 e. The number of carbonyl (C=O) groups is 1. The van der Waals surface area contributed by atoms with Gasteiger partial charge in [0.1, 0.15) is 0 Å². The molecule has 1 aromatic carbocycles. The van der Waals surface area contributed by atoms with Gasteiger partial charge in [0, 0.05) is 13.1 Å². The number of aromatic carboxylic acids is 1. The molecule has 0 aromatic heterocycles. The van der Waals surface area contributed by atoms with E-state index in [4.69, 9.17) is 5.11 Å². The molecule has 70 valence electrons. The van der Waals surface area contributed by atoms with Gasteiger partial charge in [-0.15, -0.1) is 12.4 Å². The van der Waals surface area contributed by atoms with E-state index in [1.807, 2.05) is 6.07 Å². The predicted octanol–water partition coefficient (Wildman–Crippen LogP) is 1.41. The average molecular weight is 200 g/mol. The van der Waals surface area contributed by atoms with E-state index in [1.54, 1.807) is 12.1 Å². The summed E-state index contributed by atoms with van der Waals surface area (Å²) in [4.78, 5) is 10.6. The highest BCUT2D eigenvalue weighted by Gasteiger charge is 2.11. The van der Waals surface area contributed by atoms with Crippen LogP contribution >= 0.6 is 12.4 Å². The van der Waals surface area contributed by atoms with Gasteiger partial charge >= 0.3 is 5.97 Å². The van der Waals surface area contributed by atoms with Gasteiger partial charge in [-0.3, -0.25) is 0 Å². The number of carboxylic acids is 1. The van der Waals surface area contributed by atoms with Gasteiger partial charge in [0.15, 0.2) is 0 Å². The topological polar surface area (TPSA) is 49.3 Å². The summed E-state index contributed by atoms with van der Waals surface area (Å²) in [5, 5.41) is 11.9. The molecule has 0 saturated heterocycles. The first kappa shape index (κ1) is 10.0. The fourth-order valence-corrected chi connectivity index (χ4v) is 1.43. The van der Waals surface area contributed by atoms with Gasteiger partial charge in [-0.1, -0.05) is 6.07 Å². The van der Waals surface area contributed by atoms with Crippen molar-refractivity contribution in [2.45, 2.75) is 13.1 Å². The first-order valence-electron chi connectivity index (χ1n) is 3.83. The van der Waals surface area contributed by atoms with Crippen LogP contribution in [-0.2, 0) is 13.1 Å². The Morgan fingerprint density at radius 1 is 1.31 bits per heavy atom. The van der Waals surface area contributed by atoms with Gasteiger partial charge in [0.05, 0.1) is 5.56 Å². The monoisotopic (exact) mass is 199 g/mol. The Hall–Kier alpha value is -1.06. The smallest absolute Gasteiger partial charge is 0.335 e. The van der Waals surface area contributed by atoms with Crippen molar-refractivity contribution in [3.8, 4) is 0 Å². The number of nitrogens with one attached hydrogen (secondary N) is 1. The van der Waals surface area contributed by atoms with E-state index < -0.39 is 5.97 Å². The largest absolute Gasteiger partial charge is 0.478 e. The third kappa shape index (κ3) is 1.82. The van der Waals surface area contributed by atoms with Crippen LogP contribution in [0, 0.1) is 0 Å². The van der Waals surface area contributed by atoms with Crippen LogP contribution < -0.4 is 5.32 Å². The Bertz CT molecular complexity index is 338. The van der Waals surface area contributed by atoms with E-state index in [0.29, 0.717) is 5.56 Å². The zero-order valence-corrected chi connectivity index (χ0v) is 7.73. The van der Waals surface area contributed by atoms with E-state index >= 15 is 0 Å². The fourth-order valence-electron chi connectivity index (χ4n) is 1.43. The molecular formula is C9H10ClNO2. The molecule has 0 aliphatic carbocycles. The molecule has 1 aromatic rings. The molecule has 1 heterocycles. The van der Waals surface area contributed by atoms with Gasteiger partial charge in [0.25, 0.3) is 0 Å². The SMILES string of the molecule is Cl.O=C(O)c1ccc2c(c1)CNC2. The van der Waals surface area contributed by atoms with Crippen molar-refractivity contribution in [1.82, 2.24) is 5.32 Å². The van der Waals surface area contributed by atoms with Crippen LogP contribution in [0.5, 0.6) is 0 Å². The summed E-state index contributed by atoms with van der Waals surface area (Å²) in [6.45, 7) is 1.64. The average Bonchev–Trinajstić information content (AvgIpc) is 2.49. The van der Waals surface area contributed by atoms with E-state index in [2.05, 4.69) is 5.32 Å². The molecule has 0 bridgehead atoms. The van der Waals surface area contributed by atoms with E-state index in [0.717, 1.165) is 18.7 Å². The zero-order chi connectivity index (χ0) is 8.55. The quantitative estimate of drug-likeness (QED) is 0.719. The molecule has 2 rings (SSSR count). The molecule has 13 heavy (non-hydrogen) atoms. The van der Waals surface area contributed by atoms with E-state index in [1.165, 1.54) is 5.56 Å². The summed E-state index contributed by atoms with van der Waals surface area (Å²) in [6.07, 6.45) is 0. The second kappa shape index (κ2) is 3.77. The minimum absolute atomic E-state index is 0. The number of halogens is 1. The predicted molar refractivity (Wildman–Crippen MR) is 51.2 cm³/mol. The van der Waals surface area contributed by atoms with Gasteiger partial charge in [-0.05, 0) is 23.3 Å². The Morgan fingerprint density at radius 3 is 2.69 bits per heavy atom. The highest BCUT2D eigenvalue weighted by atomic mass is 35.5. The molecular weight excluding hydrogens is 190 g/mol. The molecule has 0 amide bonds. The maximum absolute atomic E-state index is 10.6. The molecule has 2 N–H and O–H groups in total. The van der Waals surface area contributed by atoms with E-state index in [-0.39, 0.29) is 12.4 Å². The van der Waals surface area contributed by atoms with Crippen LogP contribution in [0.1, 0.15) is 21.5 Å². The maximum atomic E-state index is 10.6. The third-order valence-corrected chi connectivity index (χ3v) is 2.08. The van der Waals surface area contributed by atoms with Crippen molar-refractivity contribution in [3.63, 3.8) is 0 Å². The molecule has 0 saturated carbocycles. The van der Waals surface area contributed by atoms with Crippen molar-refractivity contribution in [2.75, 3.05) is 0 Å². The molecule has 0 spiro atoms. The first-order valence-corrected chi connectivity index (χ1v) is 3.83. The second-order valence-electron chi connectivity index (χ2n) is 2.89. The van der Waals surface area contributed by atoms with Gasteiger partial charge in [0.2, 0.25) is 0 Å². The lowest BCUT2D eigenvalue weighted by Crippen LogP contribution is -2.00. The lowest BCUT2D eigenvalue weighted by Gasteiger charge is -1.98. The second-order valence-corrected chi connectivity index (χ2v) is 2.89. The molecule has 0 atom stereocenters. The van der Waals surface area contributed by atoms with Crippen LogP contribution in [-0.4, -0.2) is 11.1 Å². The van der Waals surface area contributed by atoms with Crippen molar-refractivity contribution < 1.29 is 9.90 Å². The van der Waals surface area contributed by atoms with Crippen LogP contribution in [0.4, 0.5) is 0 Å². The van der Waals surface area contributed by atoms with Crippen molar-refractivity contribution >= 4 is 18.4 Å². The van der Waals surface area contributed by atoms with E-state index in [9.17, 15) is 4.79 Å². The molecule has 1 aliphatic heterocycles. The zero-order valence-electron chi connectivity index (χ0n) is 6.91. The molecule has 0 unspecified atom stereocenters. The van der Waals surface area contributed by atoms with Crippen LogP contribution in [0.2, 0.25) is 0 Å².